The molecule has 0 aliphatic heterocycles. The second kappa shape index (κ2) is 4.67. The lowest BCUT2D eigenvalue weighted by molar-refractivity contribution is 0.796. The van der Waals surface area contributed by atoms with Crippen LogP contribution in [0.2, 0.25) is 0 Å². The van der Waals surface area contributed by atoms with Crippen LogP contribution < -0.4 is 0 Å². The molecule has 0 bridgehead atoms. The highest BCUT2D eigenvalue weighted by atomic mass is 79.9. The van der Waals surface area contributed by atoms with E-state index in [-0.39, 0.29) is 4.83 Å². The van der Waals surface area contributed by atoms with E-state index in [1.807, 2.05) is 25.3 Å². The van der Waals surface area contributed by atoms with Crippen LogP contribution >= 0.6 is 31.9 Å². The largest absolute Gasteiger partial charge is 0.220 e. The Morgan fingerprint density at radius 3 is 2.69 bits per heavy atom. The Kier molecular flexibility index (Phi) is 3.44. The molecule has 16 heavy (non-hydrogen) atoms. The van der Waals surface area contributed by atoms with Gasteiger partial charge in [0.1, 0.15) is 0 Å². The molecule has 2 aromatic rings. The van der Waals surface area contributed by atoms with Gasteiger partial charge in [-0.2, -0.15) is 0 Å². The summed E-state index contributed by atoms with van der Waals surface area (Å²) in [6.45, 7) is 4.08. The van der Waals surface area contributed by atoms with Crippen molar-refractivity contribution in [3.63, 3.8) is 0 Å². The van der Waals surface area contributed by atoms with Gasteiger partial charge in [0.25, 0.3) is 0 Å². The Balaban J connectivity index is 2.39. The van der Waals surface area contributed by atoms with Crippen molar-refractivity contribution in [2.24, 2.45) is 0 Å². The fraction of sp³-hybridized carbons (Fsp3) is 0.273. The fourth-order valence-electron chi connectivity index (χ4n) is 1.36. The highest BCUT2D eigenvalue weighted by molar-refractivity contribution is 9.10. The van der Waals surface area contributed by atoms with Gasteiger partial charge in [0.05, 0.1) is 22.4 Å². The molecule has 1 aromatic heterocycles. The molecule has 0 saturated heterocycles. The second-order valence-corrected chi connectivity index (χ2v) is 5.87. The number of rotatable bonds is 2. The van der Waals surface area contributed by atoms with Crippen molar-refractivity contribution >= 4 is 31.9 Å². The molecule has 0 saturated carbocycles. The molecule has 1 heterocycles. The molecule has 0 N–H and O–H groups in total. The van der Waals surface area contributed by atoms with Crippen molar-refractivity contribution < 1.29 is 0 Å². The smallest absolute Gasteiger partial charge is 0.0965 e. The van der Waals surface area contributed by atoms with Gasteiger partial charge in [-0.25, -0.2) is 4.68 Å². The lowest BCUT2D eigenvalue weighted by Crippen LogP contribution is -1.95. The van der Waals surface area contributed by atoms with E-state index in [4.69, 9.17) is 0 Å². The molecular formula is C11H11Br2N3. The zero-order valence-corrected chi connectivity index (χ0v) is 12.2. The Hall–Kier alpha value is -0.680. The highest BCUT2D eigenvalue weighted by Crippen LogP contribution is 2.22. The third-order valence-corrected chi connectivity index (χ3v) is 3.68. The number of alkyl halides is 1. The maximum absolute atomic E-state index is 4.10. The van der Waals surface area contributed by atoms with Crippen molar-refractivity contribution in [3.8, 4) is 5.69 Å². The van der Waals surface area contributed by atoms with Gasteiger partial charge in [0, 0.05) is 4.47 Å². The number of hydrogen-bond donors (Lipinski definition) is 0. The summed E-state index contributed by atoms with van der Waals surface area (Å²) >= 11 is 6.95. The molecule has 0 amide bonds. The second-order valence-electron chi connectivity index (χ2n) is 3.64. The van der Waals surface area contributed by atoms with E-state index in [9.17, 15) is 0 Å². The third-order valence-electron chi connectivity index (χ3n) is 2.32. The van der Waals surface area contributed by atoms with Gasteiger partial charge in [-0.1, -0.05) is 37.1 Å². The van der Waals surface area contributed by atoms with Gasteiger partial charge in [0.15, 0.2) is 0 Å². The topological polar surface area (TPSA) is 30.7 Å². The average Bonchev–Trinajstić information content (AvgIpc) is 2.71. The van der Waals surface area contributed by atoms with Crippen LogP contribution in [-0.4, -0.2) is 15.0 Å². The SMILES string of the molecule is Cc1cc(-n2cc(C(C)Br)nn2)ccc1Br. The van der Waals surface area contributed by atoms with Gasteiger partial charge in [0.2, 0.25) is 0 Å². The van der Waals surface area contributed by atoms with E-state index in [0.717, 1.165) is 15.9 Å². The van der Waals surface area contributed by atoms with Crippen LogP contribution in [0.5, 0.6) is 0 Å². The predicted octanol–water partition coefficient (Wildman–Crippen LogP) is 3.79. The Bertz CT molecular complexity index is 506. The number of hydrogen-bond acceptors (Lipinski definition) is 2. The molecule has 5 heteroatoms. The lowest BCUT2D eigenvalue weighted by atomic mass is 10.2. The predicted molar refractivity (Wildman–Crippen MR) is 71.1 cm³/mol. The van der Waals surface area contributed by atoms with E-state index in [2.05, 4.69) is 55.2 Å². The zero-order valence-electron chi connectivity index (χ0n) is 8.98. The summed E-state index contributed by atoms with van der Waals surface area (Å²) in [4.78, 5) is 0.220. The van der Waals surface area contributed by atoms with Crippen molar-refractivity contribution in [3.05, 3.63) is 40.1 Å². The normalized spacial score (nSPS) is 12.8. The van der Waals surface area contributed by atoms with Crippen LogP contribution in [0.4, 0.5) is 0 Å². The van der Waals surface area contributed by atoms with Crippen LogP contribution in [0.3, 0.4) is 0 Å². The van der Waals surface area contributed by atoms with Gasteiger partial charge in [-0.15, -0.1) is 5.10 Å². The number of halogens is 2. The van der Waals surface area contributed by atoms with Gasteiger partial charge >= 0.3 is 0 Å². The van der Waals surface area contributed by atoms with E-state index in [1.165, 1.54) is 5.56 Å². The zero-order chi connectivity index (χ0) is 11.7. The van der Waals surface area contributed by atoms with Crippen LogP contribution in [0.25, 0.3) is 5.69 Å². The summed E-state index contributed by atoms with van der Waals surface area (Å²) in [7, 11) is 0. The number of benzene rings is 1. The Morgan fingerprint density at radius 1 is 1.38 bits per heavy atom. The van der Waals surface area contributed by atoms with E-state index in [0.29, 0.717) is 0 Å². The number of nitrogens with zero attached hydrogens (tertiary/aromatic N) is 3. The molecule has 0 aliphatic rings. The van der Waals surface area contributed by atoms with Crippen molar-refractivity contribution in [1.29, 1.82) is 0 Å². The molecule has 1 aromatic carbocycles. The molecule has 84 valence electrons. The lowest BCUT2D eigenvalue weighted by Gasteiger charge is -2.03. The number of aromatic nitrogens is 3. The van der Waals surface area contributed by atoms with Crippen LogP contribution in [0.15, 0.2) is 28.9 Å². The fourth-order valence-corrected chi connectivity index (χ4v) is 1.81. The quantitative estimate of drug-likeness (QED) is 0.776. The van der Waals surface area contributed by atoms with Gasteiger partial charge < -0.3 is 0 Å². The minimum atomic E-state index is 0.220. The Labute approximate surface area is 111 Å². The molecule has 0 radical (unpaired) electrons. The molecule has 3 nitrogen and oxygen atoms in total. The first kappa shape index (κ1) is 11.8. The molecule has 1 unspecified atom stereocenters. The summed E-state index contributed by atoms with van der Waals surface area (Å²) in [5.41, 5.74) is 3.13. The van der Waals surface area contributed by atoms with E-state index >= 15 is 0 Å². The van der Waals surface area contributed by atoms with Crippen LogP contribution in [0.1, 0.15) is 23.0 Å². The molecule has 0 fully saturated rings. The maximum atomic E-state index is 4.10. The summed E-state index contributed by atoms with van der Waals surface area (Å²) in [6.07, 6.45) is 1.93. The summed E-state index contributed by atoms with van der Waals surface area (Å²) in [5.74, 6) is 0. The van der Waals surface area contributed by atoms with Gasteiger partial charge in [-0.05, 0) is 37.6 Å². The Morgan fingerprint density at radius 2 is 2.12 bits per heavy atom. The van der Waals surface area contributed by atoms with E-state index < -0.39 is 0 Å². The molecule has 1 atom stereocenters. The standard InChI is InChI=1S/C11H11Br2N3/c1-7-5-9(3-4-10(7)13)16-6-11(8(2)12)14-15-16/h3-6,8H,1-2H3. The maximum Gasteiger partial charge on any atom is 0.0965 e. The molecular weight excluding hydrogens is 334 g/mol. The average molecular weight is 345 g/mol. The van der Waals surface area contributed by atoms with Gasteiger partial charge in [-0.3, -0.25) is 0 Å². The van der Waals surface area contributed by atoms with Crippen molar-refractivity contribution in [1.82, 2.24) is 15.0 Å². The first-order valence-electron chi connectivity index (χ1n) is 4.91. The highest BCUT2D eigenvalue weighted by Gasteiger charge is 2.07. The monoisotopic (exact) mass is 343 g/mol. The first-order chi connectivity index (χ1) is 7.58. The van der Waals surface area contributed by atoms with E-state index in [1.54, 1.807) is 4.68 Å². The van der Waals surface area contributed by atoms with Crippen molar-refractivity contribution in [2.45, 2.75) is 18.7 Å². The molecule has 2 rings (SSSR count). The number of aryl methyl sites for hydroxylation is 1. The molecule has 0 spiro atoms. The molecule has 0 aliphatic carbocycles. The van der Waals surface area contributed by atoms with Crippen molar-refractivity contribution in [2.75, 3.05) is 0 Å². The van der Waals surface area contributed by atoms with Crippen LogP contribution in [0, 0.1) is 6.92 Å². The summed E-state index contributed by atoms with van der Waals surface area (Å²) < 4.78 is 2.89. The third kappa shape index (κ3) is 2.35. The minimum Gasteiger partial charge on any atom is -0.220 e. The summed E-state index contributed by atoms with van der Waals surface area (Å²) in [6, 6.07) is 6.10. The first-order valence-corrected chi connectivity index (χ1v) is 6.61. The minimum absolute atomic E-state index is 0.220. The van der Waals surface area contributed by atoms with Crippen LogP contribution in [-0.2, 0) is 0 Å². The summed E-state index contributed by atoms with van der Waals surface area (Å²) in [5, 5.41) is 8.20.